The first-order valence-electron chi connectivity index (χ1n) is 3.98. The molecule has 0 bridgehead atoms. The van der Waals surface area contributed by atoms with Crippen molar-refractivity contribution in [1.29, 1.82) is 0 Å². The Morgan fingerprint density at radius 2 is 2.25 bits per heavy atom. The average molecular weight is 184 g/mol. The minimum absolute atomic E-state index is 0.252. The predicted molar refractivity (Wildman–Crippen MR) is 48.5 cm³/mol. The van der Waals surface area contributed by atoms with Crippen LogP contribution in [0.1, 0.15) is 11.1 Å². The molecule has 0 fully saturated rings. The highest BCUT2D eigenvalue weighted by atomic mass is 35.5. The van der Waals surface area contributed by atoms with Crippen molar-refractivity contribution in [1.82, 2.24) is 5.32 Å². The SMILES string of the molecule is Oc1cc(Cl)c2c(c1)CNCC2. The van der Waals surface area contributed by atoms with Crippen LogP contribution in [0.25, 0.3) is 0 Å². The summed E-state index contributed by atoms with van der Waals surface area (Å²) in [5.74, 6) is 0.252. The Labute approximate surface area is 76.2 Å². The van der Waals surface area contributed by atoms with Crippen molar-refractivity contribution >= 4 is 11.6 Å². The molecule has 0 amide bonds. The Balaban J connectivity index is 2.53. The number of phenolic OH excluding ortho intramolecular Hbond substituents is 1. The largest absolute Gasteiger partial charge is 0.508 e. The molecular formula is C9H10ClNO. The Kier molecular flexibility index (Phi) is 1.95. The summed E-state index contributed by atoms with van der Waals surface area (Å²) in [6.07, 6.45) is 0.953. The van der Waals surface area contributed by atoms with Crippen LogP contribution in [0, 0.1) is 0 Å². The number of hydrogen-bond acceptors (Lipinski definition) is 2. The first kappa shape index (κ1) is 7.90. The third kappa shape index (κ3) is 1.28. The molecular weight excluding hydrogens is 174 g/mol. The van der Waals surface area contributed by atoms with Crippen LogP contribution in [0.3, 0.4) is 0 Å². The van der Waals surface area contributed by atoms with Gasteiger partial charge >= 0.3 is 0 Å². The van der Waals surface area contributed by atoms with E-state index in [9.17, 15) is 5.11 Å². The molecule has 12 heavy (non-hydrogen) atoms. The topological polar surface area (TPSA) is 32.3 Å². The highest BCUT2D eigenvalue weighted by molar-refractivity contribution is 6.31. The Morgan fingerprint density at radius 3 is 3.08 bits per heavy atom. The lowest BCUT2D eigenvalue weighted by Gasteiger charge is -2.18. The van der Waals surface area contributed by atoms with Crippen LogP contribution < -0.4 is 5.32 Å². The van der Waals surface area contributed by atoms with Gasteiger partial charge in [-0.1, -0.05) is 11.6 Å². The van der Waals surface area contributed by atoms with Crippen molar-refractivity contribution in [3.05, 3.63) is 28.3 Å². The van der Waals surface area contributed by atoms with Crippen LogP contribution in [0.2, 0.25) is 5.02 Å². The molecule has 64 valence electrons. The number of hydrogen-bond donors (Lipinski definition) is 2. The summed E-state index contributed by atoms with van der Waals surface area (Å²) in [6, 6.07) is 3.37. The Morgan fingerprint density at radius 1 is 1.42 bits per heavy atom. The lowest BCUT2D eigenvalue weighted by atomic mass is 10.0. The number of rotatable bonds is 0. The molecule has 3 heteroatoms. The predicted octanol–water partition coefficient (Wildman–Crippen LogP) is 1.69. The maximum Gasteiger partial charge on any atom is 0.117 e. The van der Waals surface area contributed by atoms with E-state index in [0.29, 0.717) is 5.02 Å². The second-order valence-corrected chi connectivity index (χ2v) is 3.40. The molecule has 1 aliphatic rings. The molecule has 1 aromatic rings. The molecule has 0 aliphatic carbocycles. The van der Waals surface area contributed by atoms with E-state index in [1.807, 2.05) is 0 Å². The minimum atomic E-state index is 0.252. The minimum Gasteiger partial charge on any atom is -0.508 e. The molecule has 0 atom stereocenters. The second kappa shape index (κ2) is 2.96. The average Bonchev–Trinajstić information content (AvgIpc) is 2.04. The van der Waals surface area contributed by atoms with Crippen LogP contribution in [-0.4, -0.2) is 11.7 Å². The van der Waals surface area contributed by atoms with E-state index in [1.165, 1.54) is 5.56 Å². The summed E-state index contributed by atoms with van der Waals surface area (Å²) >= 11 is 5.96. The Hall–Kier alpha value is -0.730. The van der Waals surface area contributed by atoms with Gasteiger partial charge in [0.25, 0.3) is 0 Å². The van der Waals surface area contributed by atoms with Crippen LogP contribution in [0.4, 0.5) is 0 Å². The molecule has 1 aromatic carbocycles. The van der Waals surface area contributed by atoms with Gasteiger partial charge in [-0.15, -0.1) is 0 Å². The van der Waals surface area contributed by atoms with Gasteiger partial charge in [-0.25, -0.2) is 0 Å². The molecule has 0 saturated heterocycles. The van der Waals surface area contributed by atoms with Crippen molar-refractivity contribution in [2.24, 2.45) is 0 Å². The molecule has 2 rings (SSSR count). The van der Waals surface area contributed by atoms with Crippen LogP contribution in [0.5, 0.6) is 5.75 Å². The maximum absolute atomic E-state index is 9.26. The van der Waals surface area contributed by atoms with Crippen LogP contribution >= 0.6 is 11.6 Å². The van der Waals surface area contributed by atoms with Crippen molar-refractivity contribution in [3.63, 3.8) is 0 Å². The number of benzene rings is 1. The van der Waals surface area contributed by atoms with E-state index in [0.717, 1.165) is 25.1 Å². The molecule has 2 N–H and O–H groups in total. The van der Waals surface area contributed by atoms with Gasteiger partial charge in [0.1, 0.15) is 5.75 Å². The number of fused-ring (bicyclic) bond motifs is 1. The highest BCUT2D eigenvalue weighted by Crippen LogP contribution is 2.27. The van der Waals surface area contributed by atoms with Gasteiger partial charge in [-0.05, 0) is 36.2 Å². The smallest absolute Gasteiger partial charge is 0.117 e. The van der Waals surface area contributed by atoms with Gasteiger partial charge in [-0.2, -0.15) is 0 Å². The van der Waals surface area contributed by atoms with E-state index in [4.69, 9.17) is 11.6 Å². The summed E-state index contributed by atoms with van der Waals surface area (Å²) in [4.78, 5) is 0. The highest BCUT2D eigenvalue weighted by Gasteiger charge is 2.12. The second-order valence-electron chi connectivity index (χ2n) is 2.99. The zero-order valence-electron chi connectivity index (χ0n) is 6.60. The zero-order chi connectivity index (χ0) is 8.55. The quantitative estimate of drug-likeness (QED) is 0.642. The Bertz CT molecular complexity index is 312. The third-order valence-electron chi connectivity index (χ3n) is 2.14. The fourth-order valence-corrected chi connectivity index (χ4v) is 1.88. The molecule has 0 unspecified atom stereocenters. The van der Waals surface area contributed by atoms with E-state index >= 15 is 0 Å². The van der Waals surface area contributed by atoms with Crippen molar-refractivity contribution < 1.29 is 5.11 Å². The summed E-state index contributed by atoms with van der Waals surface area (Å²) in [6.45, 7) is 1.78. The number of aromatic hydroxyl groups is 1. The number of phenols is 1. The standard InChI is InChI=1S/C9H10ClNO/c10-9-4-7(12)3-6-5-11-2-1-8(6)9/h3-4,11-12H,1-2,5H2. The fourth-order valence-electron chi connectivity index (χ4n) is 1.55. The van der Waals surface area contributed by atoms with Gasteiger partial charge in [0.05, 0.1) is 0 Å². The van der Waals surface area contributed by atoms with Crippen LogP contribution in [0.15, 0.2) is 12.1 Å². The molecule has 0 aromatic heterocycles. The fraction of sp³-hybridized carbons (Fsp3) is 0.333. The first-order valence-corrected chi connectivity index (χ1v) is 4.36. The van der Waals surface area contributed by atoms with E-state index < -0.39 is 0 Å². The summed E-state index contributed by atoms with van der Waals surface area (Å²) in [5, 5.41) is 13.2. The van der Waals surface area contributed by atoms with Crippen molar-refractivity contribution in [2.45, 2.75) is 13.0 Å². The third-order valence-corrected chi connectivity index (χ3v) is 2.48. The van der Waals surface area contributed by atoms with E-state index in [2.05, 4.69) is 5.32 Å². The van der Waals surface area contributed by atoms with Gasteiger partial charge in [0.15, 0.2) is 0 Å². The zero-order valence-corrected chi connectivity index (χ0v) is 7.36. The molecule has 1 heterocycles. The van der Waals surface area contributed by atoms with Crippen molar-refractivity contribution in [2.75, 3.05) is 6.54 Å². The van der Waals surface area contributed by atoms with Gasteiger partial charge in [0.2, 0.25) is 0 Å². The van der Waals surface area contributed by atoms with Gasteiger partial charge < -0.3 is 10.4 Å². The normalized spacial score (nSPS) is 15.8. The van der Waals surface area contributed by atoms with Gasteiger partial charge in [0, 0.05) is 11.6 Å². The first-order chi connectivity index (χ1) is 5.77. The summed E-state index contributed by atoms with van der Waals surface area (Å²) in [7, 11) is 0. The van der Waals surface area contributed by atoms with Crippen molar-refractivity contribution in [3.8, 4) is 5.75 Å². The molecule has 1 aliphatic heterocycles. The lowest BCUT2D eigenvalue weighted by molar-refractivity contribution is 0.473. The summed E-state index contributed by atoms with van der Waals surface area (Å²) < 4.78 is 0. The number of halogens is 1. The van der Waals surface area contributed by atoms with Gasteiger partial charge in [-0.3, -0.25) is 0 Å². The molecule has 0 radical (unpaired) electrons. The summed E-state index contributed by atoms with van der Waals surface area (Å²) in [5.41, 5.74) is 2.29. The van der Waals surface area contributed by atoms with E-state index in [-0.39, 0.29) is 5.75 Å². The van der Waals surface area contributed by atoms with E-state index in [1.54, 1.807) is 12.1 Å². The number of nitrogens with one attached hydrogen (secondary N) is 1. The molecule has 0 spiro atoms. The monoisotopic (exact) mass is 183 g/mol. The maximum atomic E-state index is 9.26. The molecule has 2 nitrogen and oxygen atoms in total. The molecule has 0 saturated carbocycles. The lowest BCUT2D eigenvalue weighted by Crippen LogP contribution is -2.23. The van der Waals surface area contributed by atoms with Crippen LogP contribution in [-0.2, 0) is 13.0 Å².